The zero-order valence-corrected chi connectivity index (χ0v) is 22.0. The van der Waals surface area contributed by atoms with Crippen molar-refractivity contribution < 1.29 is 9.18 Å². The van der Waals surface area contributed by atoms with E-state index >= 15 is 0 Å². The first kappa shape index (κ1) is 26.8. The Labute approximate surface area is 209 Å². The Morgan fingerprint density at radius 3 is 2.50 bits per heavy atom. The zero-order valence-electron chi connectivity index (χ0n) is 19.7. The standard InChI is InChI=1S/C24H38FN5O.HI/c1-4-26-23(28-18-24(2,3)20-9-6-10-21(25)17-20)27-11-12-29-13-15-30(16-14-29)22(31)19-7-5-8-19;/h6,9-10,17,19H,4-5,7-8,11-16,18H2,1-3H3,(H2,26,27,28);1H. The molecule has 0 bridgehead atoms. The summed E-state index contributed by atoms with van der Waals surface area (Å²) in [5.41, 5.74) is 0.690. The number of aliphatic imine (C=N–C) groups is 1. The monoisotopic (exact) mass is 559 g/mol. The minimum Gasteiger partial charge on any atom is -0.357 e. The van der Waals surface area contributed by atoms with E-state index in [4.69, 9.17) is 4.99 Å². The van der Waals surface area contributed by atoms with Crippen LogP contribution in [0.15, 0.2) is 29.3 Å². The van der Waals surface area contributed by atoms with E-state index in [0.29, 0.717) is 18.4 Å². The second kappa shape index (κ2) is 12.7. The molecule has 3 rings (SSSR count). The third-order valence-corrected chi connectivity index (χ3v) is 6.44. The van der Waals surface area contributed by atoms with E-state index < -0.39 is 0 Å². The highest BCUT2D eigenvalue weighted by Gasteiger charge is 2.31. The molecule has 0 unspecified atom stereocenters. The zero-order chi connectivity index (χ0) is 22.3. The van der Waals surface area contributed by atoms with Gasteiger partial charge in [0.15, 0.2) is 5.96 Å². The van der Waals surface area contributed by atoms with Crippen LogP contribution in [-0.2, 0) is 10.2 Å². The molecule has 1 aromatic rings. The fourth-order valence-electron chi connectivity index (χ4n) is 4.06. The third-order valence-electron chi connectivity index (χ3n) is 6.44. The van der Waals surface area contributed by atoms with Crippen molar-refractivity contribution in [3.63, 3.8) is 0 Å². The summed E-state index contributed by atoms with van der Waals surface area (Å²) in [6.07, 6.45) is 3.36. The van der Waals surface area contributed by atoms with E-state index in [1.807, 2.05) is 17.9 Å². The van der Waals surface area contributed by atoms with Gasteiger partial charge in [0.1, 0.15) is 5.82 Å². The number of amides is 1. The van der Waals surface area contributed by atoms with Gasteiger partial charge in [-0.3, -0.25) is 14.7 Å². The predicted molar refractivity (Wildman–Crippen MR) is 139 cm³/mol. The minimum absolute atomic E-state index is 0. The van der Waals surface area contributed by atoms with Gasteiger partial charge in [-0.15, -0.1) is 24.0 Å². The second-order valence-electron chi connectivity index (χ2n) is 9.31. The maximum absolute atomic E-state index is 13.6. The lowest BCUT2D eigenvalue weighted by Gasteiger charge is -2.38. The van der Waals surface area contributed by atoms with Gasteiger partial charge in [-0.1, -0.05) is 32.4 Å². The van der Waals surface area contributed by atoms with Gasteiger partial charge >= 0.3 is 0 Å². The smallest absolute Gasteiger partial charge is 0.225 e. The number of guanidine groups is 1. The Morgan fingerprint density at radius 2 is 1.91 bits per heavy atom. The van der Waals surface area contributed by atoms with Crippen molar-refractivity contribution in [3.8, 4) is 0 Å². The molecule has 32 heavy (non-hydrogen) atoms. The van der Waals surface area contributed by atoms with E-state index in [-0.39, 0.29) is 35.2 Å². The molecular formula is C24H39FIN5O. The lowest BCUT2D eigenvalue weighted by atomic mass is 9.84. The van der Waals surface area contributed by atoms with Crippen LogP contribution in [0.3, 0.4) is 0 Å². The molecule has 180 valence electrons. The van der Waals surface area contributed by atoms with E-state index in [9.17, 15) is 9.18 Å². The van der Waals surface area contributed by atoms with Crippen LogP contribution >= 0.6 is 24.0 Å². The summed E-state index contributed by atoms with van der Waals surface area (Å²) < 4.78 is 13.6. The van der Waals surface area contributed by atoms with Crippen LogP contribution in [0.1, 0.15) is 45.6 Å². The number of halogens is 2. The number of hydrogen-bond donors (Lipinski definition) is 2. The van der Waals surface area contributed by atoms with Crippen LogP contribution in [-0.4, -0.2) is 74.0 Å². The Bertz CT molecular complexity index is 761. The van der Waals surface area contributed by atoms with Crippen molar-refractivity contribution in [2.24, 2.45) is 10.9 Å². The van der Waals surface area contributed by atoms with Crippen LogP contribution in [0.25, 0.3) is 0 Å². The van der Waals surface area contributed by atoms with Gasteiger partial charge in [-0.2, -0.15) is 0 Å². The van der Waals surface area contributed by atoms with Gasteiger partial charge in [0, 0.05) is 57.1 Å². The topological polar surface area (TPSA) is 60.0 Å². The summed E-state index contributed by atoms with van der Waals surface area (Å²) in [4.78, 5) is 21.6. The maximum Gasteiger partial charge on any atom is 0.225 e. The summed E-state index contributed by atoms with van der Waals surface area (Å²) in [5.74, 6) is 1.23. The lowest BCUT2D eigenvalue weighted by Crippen LogP contribution is -2.52. The largest absolute Gasteiger partial charge is 0.357 e. The molecule has 1 heterocycles. The highest BCUT2D eigenvalue weighted by atomic mass is 127. The van der Waals surface area contributed by atoms with Crippen LogP contribution in [0.2, 0.25) is 0 Å². The summed E-state index contributed by atoms with van der Waals surface area (Å²) in [7, 11) is 0. The maximum atomic E-state index is 13.6. The van der Waals surface area contributed by atoms with E-state index in [0.717, 1.165) is 70.2 Å². The average molecular weight is 560 g/mol. The normalized spacial score (nSPS) is 18.0. The highest BCUT2D eigenvalue weighted by molar-refractivity contribution is 14.0. The number of nitrogens with zero attached hydrogens (tertiary/aromatic N) is 3. The molecule has 1 saturated carbocycles. The first-order valence-electron chi connectivity index (χ1n) is 11.7. The molecule has 1 amide bonds. The van der Waals surface area contributed by atoms with Crippen molar-refractivity contribution in [1.29, 1.82) is 0 Å². The van der Waals surface area contributed by atoms with E-state index in [1.54, 1.807) is 12.1 Å². The summed E-state index contributed by atoms with van der Waals surface area (Å²) in [6.45, 7) is 12.8. The first-order valence-corrected chi connectivity index (χ1v) is 11.7. The summed E-state index contributed by atoms with van der Waals surface area (Å²) in [6, 6.07) is 6.76. The number of hydrogen-bond acceptors (Lipinski definition) is 3. The molecule has 8 heteroatoms. The Morgan fingerprint density at radius 1 is 1.19 bits per heavy atom. The molecule has 2 N–H and O–H groups in total. The van der Waals surface area contributed by atoms with Crippen molar-refractivity contribution in [1.82, 2.24) is 20.4 Å². The van der Waals surface area contributed by atoms with E-state index in [1.165, 1.54) is 12.5 Å². The fourth-order valence-corrected chi connectivity index (χ4v) is 4.06. The molecular weight excluding hydrogens is 520 g/mol. The number of piperazine rings is 1. The minimum atomic E-state index is -0.256. The first-order chi connectivity index (χ1) is 14.9. The predicted octanol–water partition coefficient (Wildman–Crippen LogP) is 3.22. The van der Waals surface area contributed by atoms with Crippen molar-refractivity contribution in [3.05, 3.63) is 35.6 Å². The van der Waals surface area contributed by atoms with Crippen LogP contribution in [0, 0.1) is 11.7 Å². The molecule has 0 spiro atoms. The van der Waals surface area contributed by atoms with E-state index in [2.05, 4.69) is 29.4 Å². The van der Waals surface area contributed by atoms with Crippen molar-refractivity contribution >= 4 is 35.8 Å². The van der Waals surface area contributed by atoms with Gasteiger partial charge in [0.25, 0.3) is 0 Å². The fraction of sp³-hybridized carbons (Fsp3) is 0.667. The highest BCUT2D eigenvalue weighted by Crippen LogP contribution is 2.28. The summed E-state index contributed by atoms with van der Waals surface area (Å²) >= 11 is 0. The molecule has 6 nitrogen and oxygen atoms in total. The van der Waals surface area contributed by atoms with Gasteiger partial charge in [0.2, 0.25) is 5.91 Å². The quantitative estimate of drug-likeness (QED) is 0.292. The summed E-state index contributed by atoms with van der Waals surface area (Å²) in [5, 5.41) is 6.71. The Hall–Kier alpha value is -1.42. The molecule has 1 aliphatic carbocycles. The number of benzene rings is 1. The molecule has 0 radical (unpaired) electrons. The molecule has 1 aromatic carbocycles. The average Bonchev–Trinajstić information content (AvgIpc) is 2.71. The SMILES string of the molecule is CCNC(=NCC(C)(C)c1cccc(F)c1)NCCN1CCN(C(=O)C2CCC2)CC1.I. The van der Waals surface area contributed by atoms with Crippen molar-refractivity contribution in [2.75, 3.05) is 52.4 Å². The van der Waals surface area contributed by atoms with Gasteiger partial charge in [-0.05, 0) is 37.5 Å². The molecule has 0 aromatic heterocycles. The van der Waals surface area contributed by atoms with Gasteiger partial charge < -0.3 is 15.5 Å². The van der Waals surface area contributed by atoms with Crippen LogP contribution in [0.4, 0.5) is 4.39 Å². The van der Waals surface area contributed by atoms with Gasteiger partial charge in [-0.25, -0.2) is 4.39 Å². The second-order valence-corrected chi connectivity index (χ2v) is 9.31. The van der Waals surface area contributed by atoms with Crippen LogP contribution < -0.4 is 10.6 Å². The van der Waals surface area contributed by atoms with Crippen molar-refractivity contribution in [2.45, 2.75) is 45.4 Å². The van der Waals surface area contributed by atoms with Crippen LogP contribution in [0.5, 0.6) is 0 Å². The molecule has 2 fully saturated rings. The lowest BCUT2D eigenvalue weighted by molar-refractivity contribution is -0.139. The molecule has 2 aliphatic rings. The number of carbonyl (C=O) groups excluding carboxylic acids is 1. The number of nitrogens with one attached hydrogen (secondary N) is 2. The number of carbonyl (C=O) groups is 1. The van der Waals surface area contributed by atoms with Gasteiger partial charge in [0.05, 0.1) is 6.54 Å². The number of rotatable bonds is 8. The third kappa shape index (κ3) is 7.57. The molecule has 1 aliphatic heterocycles. The molecule has 1 saturated heterocycles. The Kier molecular flexibility index (Phi) is 10.7. The molecule has 0 atom stereocenters. The Balaban J connectivity index is 0.00000363.